The van der Waals surface area contributed by atoms with Gasteiger partial charge in [0, 0.05) is 5.56 Å². The van der Waals surface area contributed by atoms with E-state index in [0.717, 1.165) is 0 Å². The van der Waals surface area contributed by atoms with Gasteiger partial charge in [-0.25, -0.2) is 0 Å². The van der Waals surface area contributed by atoms with E-state index in [2.05, 4.69) is 4.42 Å². The van der Waals surface area contributed by atoms with Crippen molar-refractivity contribution < 1.29 is 17.6 Å². The van der Waals surface area contributed by atoms with Crippen molar-refractivity contribution in [1.82, 2.24) is 0 Å². The zero-order valence-corrected chi connectivity index (χ0v) is 7.70. The van der Waals surface area contributed by atoms with Gasteiger partial charge in [-0.3, -0.25) is 0 Å². The predicted molar refractivity (Wildman–Crippen MR) is 42.5 cm³/mol. The minimum absolute atomic E-state index is 0.0554. The molecule has 0 aliphatic rings. The van der Waals surface area contributed by atoms with Gasteiger partial charge in [-0.1, -0.05) is 13.8 Å². The summed E-state index contributed by atoms with van der Waals surface area (Å²) in [7, 11) is 0. The van der Waals surface area contributed by atoms with Gasteiger partial charge < -0.3 is 4.42 Å². The Morgan fingerprint density at radius 3 is 2.08 bits per heavy atom. The summed E-state index contributed by atoms with van der Waals surface area (Å²) < 4.78 is 41.2. The summed E-state index contributed by atoms with van der Waals surface area (Å²) in [6, 6.07) is 0. The smallest absolute Gasteiger partial charge is 0.449 e. The van der Waals surface area contributed by atoms with Crippen molar-refractivity contribution in [3.8, 4) is 0 Å². The van der Waals surface area contributed by atoms with Crippen LogP contribution >= 0.6 is 0 Å². The van der Waals surface area contributed by atoms with E-state index in [9.17, 15) is 13.2 Å². The molecule has 4 heteroatoms. The van der Waals surface area contributed by atoms with Gasteiger partial charge >= 0.3 is 6.18 Å². The van der Waals surface area contributed by atoms with Crippen LogP contribution < -0.4 is 0 Å². The molecule has 0 atom stereocenters. The van der Waals surface area contributed by atoms with E-state index in [1.165, 1.54) is 13.2 Å². The van der Waals surface area contributed by atoms with Crippen molar-refractivity contribution >= 4 is 0 Å². The van der Waals surface area contributed by atoms with Gasteiger partial charge in [0.25, 0.3) is 0 Å². The zero-order valence-electron chi connectivity index (χ0n) is 7.70. The third-order valence-electron chi connectivity index (χ3n) is 1.96. The molecule has 0 spiro atoms. The van der Waals surface area contributed by atoms with E-state index in [-0.39, 0.29) is 11.5 Å². The Balaban J connectivity index is 3.14. The number of rotatable bonds is 1. The Morgan fingerprint density at radius 2 is 1.85 bits per heavy atom. The highest BCUT2D eigenvalue weighted by atomic mass is 19.4. The second-order valence-corrected chi connectivity index (χ2v) is 3.30. The molecule has 0 fully saturated rings. The number of alkyl halides is 3. The molecule has 74 valence electrons. The highest BCUT2D eigenvalue weighted by Gasteiger charge is 2.37. The minimum atomic E-state index is -4.38. The third-order valence-corrected chi connectivity index (χ3v) is 1.96. The summed E-state index contributed by atoms with van der Waals surface area (Å²) in [5.41, 5.74) is 0.815. The van der Waals surface area contributed by atoms with Crippen LogP contribution in [0.15, 0.2) is 10.7 Å². The Hall–Kier alpha value is -0.930. The van der Waals surface area contributed by atoms with E-state index < -0.39 is 11.9 Å². The normalized spacial score (nSPS) is 12.5. The molecule has 0 saturated carbocycles. The average molecular weight is 192 g/mol. The molecule has 0 aromatic carbocycles. The first kappa shape index (κ1) is 10.2. The molecular weight excluding hydrogens is 181 g/mol. The number of hydrogen-bond donors (Lipinski definition) is 0. The van der Waals surface area contributed by atoms with Gasteiger partial charge in [-0.05, 0) is 18.4 Å². The standard InChI is InChI=1S/C9H11F3O/c1-5(2)7-4-13-8(6(7)3)9(10,11)12/h4-5H,1-3H3. The van der Waals surface area contributed by atoms with Crippen LogP contribution in [0.2, 0.25) is 0 Å². The molecule has 0 radical (unpaired) electrons. The van der Waals surface area contributed by atoms with Crippen molar-refractivity contribution in [1.29, 1.82) is 0 Å². The Bertz CT molecular complexity index is 296. The third kappa shape index (κ3) is 1.87. The van der Waals surface area contributed by atoms with Crippen molar-refractivity contribution in [2.45, 2.75) is 32.9 Å². The van der Waals surface area contributed by atoms with Crippen LogP contribution in [-0.4, -0.2) is 0 Å². The topological polar surface area (TPSA) is 13.1 Å². The number of hydrogen-bond acceptors (Lipinski definition) is 1. The van der Waals surface area contributed by atoms with Crippen LogP contribution in [0.4, 0.5) is 13.2 Å². The SMILES string of the molecule is Cc1c(C(C)C)coc1C(F)(F)F. The van der Waals surface area contributed by atoms with Crippen LogP contribution in [0, 0.1) is 6.92 Å². The fraction of sp³-hybridized carbons (Fsp3) is 0.556. The number of halogens is 3. The van der Waals surface area contributed by atoms with Gasteiger partial charge in [0.15, 0.2) is 0 Å². The van der Waals surface area contributed by atoms with Gasteiger partial charge in [0.05, 0.1) is 6.26 Å². The maximum Gasteiger partial charge on any atom is 0.449 e. The van der Waals surface area contributed by atoms with Crippen molar-refractivity contribution in [3.63, 3.8) is 0 Å². The molecule has 0 saturated heterocycles. The van der Waals surface area contributed by atoms with E-state index in [1.54, 1.807) is 0 Å². The van der Waals surface area contributed by atoms with Crippen LogP contribution in [-0.2, 0) is 6.18 Å². The molecule has 1 heterocycles. The lowest BCUT2D eigenvalue weighted by Gasteiger charge is -2.05. The second-order valence-electron chi connectivity index (χ2n) is 3.30. The first-order valence-electron chi connectivity index (χ1n) is 3.99. The molecule has 1 aromatic heterocycles. The molecular formula is C9H11F3O. The summed E-state index contributed by atoms with van der Waals surface area (Å²) in [6.45, 7) is 5.09. The Labute approximate surface area is 74.5 Å². The molecule has 0 aliphatic carbocycles. The zero-order chi connectivity index (χ0) is 10.2. The summed E-state index contributed by atoms with van der Waals surface area (Å²) in [6.07, 6.45) is -3.19. The summed E-state index contributed by atoms with van der Waals surface area (Å²) >= 11 is 0. The Morgan fingerprint density at radius 1 is 1.31 bits per heavy atom. The van der Waals surface area contributed by atoms with Crippen molar-refractivity contribution in [2.75, 3.05) is 0 Å². The monoisotopic (exact) mass is 192 g/mol. The summed E-state index contributed by atoms with van der Waals surface area (Å²) in [5.74, 6) is -0.823. The fourth-order valence-electron chi connectivity index (χ4n) is 1.28. The van der Waals surface area contributed by atoms with Gasteiger partial charge in [0.1, 0.15) is 0 Å². The average Bonchev–Trinajstić information content (AvgIpc) is 2.28. The highest BCUT2D eigenvalue weighted by Crippen LogP contribution is 2.36. The van der Waals surface area contributed by atoms with Crippen LogP contribution in [0.5, 0.6) is 0 Å². The van der Waals surface area contributed by atoms with E-state index >= 15 is 0 Å². The molecule has 13 heavy (non-hydrogen) atoms. The lowest BCUT2D eigenvalue weighted by Crippen LogP contribution is -2.05. The van der Waals surface area contributed by atoms with Crippen LogP contribution in [0.1, 0.15) is 36.7 Å². The van der Waals surface area contributed by atoms with E-state index in [1.807, 2.05) is 13.8 Å². The fourth-order valence-corrected chi connectivity index (χ4v) is 1.28. The summed E-state index contributed by atoms with van der Waals surface area (Å²) in [5, 5.41) is 0. The van der Waals surface area contributed by atoms with E-state index in [4.69, 9.17) is 0 Å². The van der Waals surface area contributed by atoms with Crippen LogP contribution in [0.25, 0.3) is 0 Å². The van der Waals surface area contributed by atoms with Gasteiger partial charge in [-0.15, -0.1) is 0 Å². The lowest BCUT2D eigenvalue weighted by molar-refractivity contribution is -0.153. The van der Waals surface area contributed by atoms with Gasteiger partial charge in [-0.2, -0.15) is 13.2 Å². The molecule has 0 aliphatic heterocycles. The summed E-state index contributed by atoms with van der Waals surface area (Å²) in [4.78, 5) is 0. The largest absolute Gasteiger partial charge is 0.459 e. The first-order chi connectivity index (χ1) is 5.84. The molecule has 1 nitrogen and oxygen atoms in total. The molecule has 1 rings (SSSR count). The first-order valence-corrected chi connectivity index (χ1v) is 3.99. The maximum absolute atomic E-state index is 12.2. The van der Waals surface area contributed by atoms with Gasteiger partial charge in [0.2, 0.25) is 5.76 Å². The van der Waals surface area contributed by atoms with Crippen LogP contribution in [0.3, 0.4) is 0 Å². The van der Waals surface area contributed by atoms with Crippen molar-refractivity contribution in [2.24, 2.45) is 0 Å². The van der Waals surface area contributed by atoms with Crippen molar-refractivity contribution in [3.05, 3.63) is 23.2 Å². The molecule has 0 bridgehead atoms. The quantitative estimate of drug-likeness (QED) is 0.660. The molecule has 0 amide bonds. The molecule has 1 aromatic rings. The van der Waals surface area contributed by atoms with E-state index in [0.29, 0.717) is 5.56 Å². The lowest BCUT2D eigenvalue weighted by atomic mass is 10.0. The molecule has 0 unspecified atom stereocenters. The molecule has 0 N–H and O–H groups in total. The highest BCUT2D eigenvalue weighted by molar-refractivity contribution is 5.30. The Kier molecular flexibility index (Phi) is 2.41. The number of furan rings is 1. The predicted octanol–water partition coefficient (Wildman–Crippen LogP) is 3.73. The second kappa shape index (κ2) is 3.09. The maximum atomic E-state index is 12.2. The minimum Gasteiger partial charge on any atom is -0.459 e.